The van der Waals surface area contributed by atoms with Crippen molar-refractivity contribution in [3.05, 3.63) is 52.0 Å². The number of H-pyrrole nitrogens is 1. The molecule has 4 heteroatoms. The number of nitrogens with one attached hydrogen (secondary N) is 1. The molecule has 0 atom stereocenters. The van der Waals surface area contributed by atoms with Gasteiger partial charge in [0.15, 0.2) is 11.6 Å². The molecule has 4 nitrogen and oxygen atoms in total. The molecule has 0 radical (unpaired) electrons. The second kappa shape index (κ2) is 3.84. The van der Waals surface area contributed by atoms with Crippen LogP contribution in [0.5, 0.6) is 0 Å². The Morgan fingerprint density at radius 3 is 2.72 bits per heavy atom. The normalized spacial score (nSPS) is 11.0. The zero-order valence-corrected chi connectivity index (χ0v) is 10.2. The molecule has 0 fully saturated rings. The Labute approximate surface area is 103 Å². The third-order valence-electron chi connectivity index (χ3n) is 3.02. The van der Waals surface area contributed by atoms with E-state index < -0.39 is 0 Å². The van der Waals surface area contributed by atoms with Crippen LogP contribution in [-0.4, -0.2) is 9.97 Å². The van der Waals surface area contributed by atoms with Gasteiger partial charge in [0, 0.05) is 0 Å². The number of aromatic nitrogens is 2. The van der Waals surface area contributed by atoms with Crippen LogP contribution >= 0.6 is 0 Å². The molecule has 0 unspecified atom stereocenters. The predicted molar refractivity (Wildman–Crippen MR) is 69.5 cm³/mol. The molecule has 3 aromatic rings. The molecule has 0 aliphatic carbocycles. The van der Waals surface area contributed by atoms with Crippen LogP contribution in [0.25, 0.3) is 22.5 Å². The summed E-state index contributed by atoms with van der Waals surface area (Å²) in [5, 5.41) is 0.600. The highest BCUT2D eigenvalue weighted by Crippen LogP contribution is 2.22. The first-order valence-electron chi connectivity index (χ1n) is 5.71. The molecule has 0 amide bonds. The number of aryl methyl sites for hydroxylation is 2. The first-order valence-corrected chi connectivity index (χ1v) is 5.71. The average molecular weight is 240 g/mol. The number of rotatable bonds is 1. The lowest BCUT2D eigenvalue weighted by Crippen LogP contribution is -2.10. The lowest BCUT2D eigenvalue weighted by atomic mass is 10.1. The molecule has 0 spiro atoms. The van der Waals surface area contributed by atoms with Gasteiger partial charge in [-0.3, -0.25) is 4.79 Å². The van der Waals surface area contributed by atoms with Crippen LogP contribution < -0.4 is 5.56 Å². The third-order valence-corrected chi connectivity index (χ3v) is 3.02. The Balaban J connectivity index is 2.37. The van der Waals surface area contributed by atoms with Gasteiger partial charge < -0.3 is 9.40 Å². The largest absolute Gasteiger partial charge is 0.461 e. The van der Waals surface area contributed by atoms with E-state index in [0.717, 1.165) is 11.1 Å². The van der Waals surface area contributed by atoms with Gasteiger partial charge in [-0.15, -0.1) is 0 Å². The number of fused-ring (bicyclic) bond motifs is 1. The molecule has 1 aromatic carbocycles. The predicted octanol–water partition coefficient (Wildman–Crippen LogP) is 2.80. The Hall–Kier alpha value is -2.36. The van der Waals surface area contributed by atoms with E-state index >= 15 is 0 Å². The highest BCUT2D eigenvalue weighted by atomic mass is 16.3. The summed E-state index contributed by atoms with van der Waals surface area (Å²) in [6.45, 7) is 3.86. The molecule has 2 aromatic heterocycles. The number of furan rings is 1. The quantitative estimate of drug-likeness (QED) is 0.711. The van der Waals surface area contributed by atoms with Crippen LogP contribution in [-0.2, 0) is 0 Å². The maximum atomic E-state index is 12.0. The highest BCUT2D eigenvalue weighted by Gasteiger charge is 2.11. The van der Waals surface area contributed by atoms with Crippen LogP contribution in [0.4, 0.5) is 0 Å². The maximum absolute atomic E-state index is 12.0. The second-order valence-corrected chi connectivity index (χ2v) is 4.32. The van der Waals surface area contributed by atoms with E-state index in [2.05, 4.69) is 9.97 Å². The third kappa shape index (κ3) is 1.54. The average Bonchev–Trinajstić information content (AvgIpc) is 2.77. The van der Waals surface area contributed by atoms with Crippen molar-refractivity contribution in [1.29, 1.82) is 0 Å². The van der Waals surface area contributed by atoms with Crippen LogP contribution in [0.2, 0.25) is 0 Å². The van der Waals surface area contributed by atoms with Gasteiger partial charge in [0.25, 0.3) is 5.56 Å². The maximum Gasteiger partial charge on any atom is 0.259 e. The van der Waals surface area contributed by atoms with Crippen molar-refractivity contribution in [1.82, 2.24) is 9.97 Å². The molecule has 0 aliphatic heterocycles. The summed E-state index contributed by atoms with van der Waals surface area (Å²) in [5.74, 6) is 1.08. The van der Waals surface area contributed by atoms with Gasteiger partial charge in [-0.05, 0) is 37.1 Å². The summed E-state index contributed by atoms with van der Waals surface area (Å²) in [5.41, 5.74) is 2.50. The number of nitrogens with zero attached hydrogens (tertiary/aromatic N) is 1. The van der Waals surface area contributed by atoms with E-state index in [1.807, 2.05) is 32.0 Å². The monoisotopic (exact) mass is 240 g/mol. The minimum absolute atomic E-state index is 0.144. The number of hydrogen-bond acceptors (Lipinski definition) is 3. The van der Waals surface area contributed by atoms with Gasteiger partial charge in [0.1, 0.15) is 0 Å². The summed E-state index contributed by atoms with van der Waals surface area (Å²) in [4.78, 5) is 19.3. The van der Waals surface area contributed by atoms with E-state index in [-0.39, 0.29) is 5.56 Å². The Kier molecular flexibility index (Phi) is 2.30. The fourth-order valence-corrected chi connectivity index (χ4v) is 2.03. The lowest BCUT2D eigenvalue weighted by molar-refractivity contribution is 0.575. The number of hydrogen-bond donors (Lipinski definition) is 1. The number of aromatic amines is 1. The second-order valence-electron chi connectivity index (χ2n) is 4.32. The van der Waals surface area contributed by atoms with Crippen LogP contribution in [0.1, 0.15) is 11.1 Å². The van der Waals surface area contributed by atoms with Crippen molar-refractivity contribution in [2.75, 3.05) is 0 Å². The standard InChI is InChI=1S/C14H12N2O2/c1-8-4-3-5-10-11(8)15-13(16-14(10)17)12-9(2)6-7-18-12/h3-7H,1-2H3,(H,15,16,17). The number of benzene rings is 1. The van der Waals surface area contributed by atoms with Gasteiger partial charge in [-0.1, -0.05) is 12.1 Å². The molecule has 0 aliphatic rings. The fraction of sp³-hybridized carbons (Fsp3) is 0.143. The Morgan fingerprint density at radius 2 is 2.00 bits per heavy atom. The van der Waals surface area contributed by atoms with Crippen LogP contribution in [0.3, 0.4) is 0 Å². The van der Waals surface area contributed by atoms with Crippen molar-refractivity contribution in [2.24, 2.45) is 0 Å². The van der Waals surface area contributed by atoms with Gasteiger partial charge in [-0.25, -0.2) is 4.98 Å². The summed E-state index contributed by atoms with van der Waals surface area (Å²) in [6.07, 6.45) is 1.59. The summed E-state index contributed by atoms with van der Waals surface area (Å²) in [6, 6.07) is 7.41. The number of para-hydroxylation sites is 1. The molecule has 0 saturated heterocycles. The van der Waals surface area contributed by atoms with Crippen LogP contribution in [0.15, 0.2) is 39.7 Å². The Bertz CT molecular complexity index is 784. The van der Waals surface area contributed by atoms with Crippen LogP contribution in [0, 0.1) is 13.8 Å². The smallest absolute Gasteiger partial charge is 0.259 e. The zero-order valence-electron chi connectivity index (χ0n) is 10.2. The highest BCUT2D eigenvalue weighted by molar-refractivity contribution is 5.82. The van der Waals surface area contributed by atoms with E-state index in [1.165, 1.54) is 0 Å². The molecule has 1 N–H and O–H groups in total. The molecular weight excluding hydrogens is 228 g/mol. The van der Waals surface area contributed by atoms with Crippen molar-refractivity contribution in [2.45, 2.75) is 13.8 Å². The van der Waals surface area contributed by atoms with Gasteiger partial charge in [0.2, 0.25) is 0 Å². The Morgan fingerprint density at radius 1 is 1.17 bits per heavy atom. The molecule has 3 rings (SSSR count). The molecule has 90 valence electrons. The molecule has 0 saturated carbocycles. The van der Waals surface area contributed by atoms with E-state index in [1.54, 1.807) is 12.3 Å². The summed E-state index contributed by atoms with van der Waals surface area (Å²) >= 11 is 0. The van der Waals surface area contributed by atoms with Crippen molar-refractivity contribution in [3.63, 3.8) is 0 Å². The summed E-state index contributed by atoms with van der Waals surface area (Å²) < 4.78 is 5.36. The summed E-state index contributed by atoms with van der Waals surface area (Å²) in [7, 11) is 0. The van der Waals surface area contributed by atoms with E-state index in [0.29, 0.717) is 22.5 Å². The minimum Gasteiger partial charge on any atom is -0.461 e. The van der Waals surface area contributed by atoms with Crippen molar-refractivity contribution >= 4 is 10.9 Å². The zero-order chi connectivity index (χ0) is 12.7. The van der Waals surface area contributed by atoms with Gasteiger partial charge in [-0.2, -0.15) is 0 Å². The molecular formula is C14H12N2O2. The lowest BCUT2D eigenvalue weighted by Gasteiger charge is -2.03. The first kappa shape index (κ1) is 10.8. The van der Waals surface area contributed by atoms with Gasteiger partial charge >= 0.3 is 0 Å². The molecule has 0 bridgehead atoms. The SMILES string of the molecule is Cc1ccoc1-c1nc2c(C)cccc2c(=O)[nH]1. The van der Waals surface area contributed by atoms with Gasteiger partial charge in [0.05, 0.1) is 17.2 Å². The first-order chi connectivity index (χ1) is 8.66. The van der Waals surface area contributed by atoms with Crippen molar-refractivity contribution < 1.29 is 4.42 Å². The van der Waals surface area contributed by atoms with Crippen molar-refractivity contribution in [3.8, 4) is 11.6 Å². The fourth-order valence-electron chi connectivity index (χ4n) is 2.03. The molecule has 18 heavy (non-hydrogen) atoms. The molecule has 2 heterocycles. The minimum atomic E-state index is -0.144. The van der Waals surface area contributed by atoms with E-state index in [9.17, 15) is 4.79 Å². The topological polar surface area (TPSA) is 58.9 Å². The van der Waals surface area contributed by atoms with E-state index in [4.69, 9.17) is 4.42 Å².